The molecule has 0 unspecified atom stereocenters. The summed E-state index contributed by atoms with van der Waals surface area (Å²) in [6.45, 7) is 4.04. The summed E-state index contributed by atoms with van der Waals surface area (Å²) in [5.74, 6) is 0.291. The molecule has 12 heavy (non-hydrogen) atoms. The standard InChI is InChI=1S/C10H15NO/c1-3-10(11)9-6-8(12)5-4-7(9)2/h4-6,10,12H,3,11H2,1-2H3/t10-/m0/s1. The van der Waals surface area contributed by atoms with Crippen molar-refractivity contribution in [3.8, 4) is 5.75 Å². The maximum atomic E-state index is 9.23. The Bertz CT molecular complexity index is 271. The lowest BCUT2D eigenvalue weighted by Crippen LogP contribution is -2.09. The number of phenolic OH excluding ortho intramolecular Hbond substituents is 1. The van der Waals surface area contributed by atoms with Crippen LogP contribution in [0.3, 0.4) is 0 Å². The minimum atomic E-state index is 0.0390. The van der Waals surface area contributed by atoms with E-state index in [0.29, 0.717) is 5.75 Å². The largest absolute Gasteiger partial charge is 0.508 e. The number of benzene rings is 1. The van der Waals surface area contributed by atoms with Crippen LogP contribution >= 0.6 is 0 Å². The first-order valence-electron chi connectivity index (χ1n) is 4.20. The first-order valence-corrected chi connectivity index (χ1v) is 4.20. The zero-order chi connectivity index (χ0) is 9.14. The topological polar surface area (TPSA) is 46.2 Å². The summed E-state index contributed by atoms with van der Waals surface area (Å²) in [7, 11) is 0. The molecule has 1 rings (SSSR count). The van der Waals surface area contributed by atoms with Gasteiger partial charge in [0.2, 0.25) is 0 Å². The number of hydrogen-bond donors (Lipinski definition) is 2. The number of hydrogen-bond acceptors (Lipinski definition) is 2. The molecule has 0 saturated carbocycles. The zero-order valence-corrected chi connectivity index (χ0v) is 7.54. The van der Waals surface area contributed by atoms with E-state index in [1.54, 1.807) is 12.1 Å². The minimum Gasteiger partial charge on any atom is -0.508 e. The normalized spacial score (nSPS) is 12.9. The van der Waals surface area contributed by atoms with Gasteiger partial charge in [0.25, 0.3) is 0 Å². The Morgan fingerprint density at radius 2 is 2.17 bits per heavy atom. The van der Waals surface area contributed by atoms with Gasteiger partial charge < -0.3 is 10.8 Å². The van der Waals surface area contributed by atoms with E-state index in [1.165, 1.54) is 0 Å². The maximum absolute atomic E-state index is 9.23. The van der Waals surface area contributed by atoms with Crippen LogP contribution in [0.1, 0.15) is 30.5 Å². The molecule has 0 spiro atoms. The summed E-state index contributed by atoms with van der Waals surface area (Å²) in [6.07, 6.45) is 0.893. The number of rotatable bonds is 2. The van der Waals surface area contributed by atoms with E-state index in [9.17, 15) is 5.11 Å². The second-order valence-corrected chi connectivity index (χ2v) is 3.06. The van der Waals surface area contributed by atoms with Crippen molar-refractivity contribution in [1.82, 2.24) is 0 Å². The number of phenols is 1. The molecule has 0 bridgehead atoms. The smallest absolute Gasteiger partial charge is 0.115 e. The molecule has 0 aliphatic carbocycles. The lowest BCUT2D eigenvalue weighted by Gasteiger charge is -2.12. The first kappa shape index (κ1) is 9.07. The van der Waals surface area contributed by atoms with Crippen molar-refractivity contribution in [1.29, 1.82) is 0 Å². The van der Waals surface area contributed by atoms with Crippen LogP contribution in [0.2, 0.25) is 0 Å². The molecule has 0 fully saturated rings. The molecule has 3 N–H and O–H groups in total. The highest BCUT2D eigenvalue weighted by molar-refractivity contribution is 5.35. The van der Waals surface area contributed by atoms with Gasteiger partial charge in [-0.25, -0.2) is 0 Å². The molecular formula is C10H15NO. The van der Waals surface area contributed by atoms with E-state index in [2.05, 4.69) is 0 Å². The van der Waals surface area contributed by atoms with Crippen LogP contribution in [0, 0.1) is 6.92 Å². The van der Waals surface area contributed by atoms with E-state index >= 15 is 0 Å². The van der Waals surface area contributed by atoms with Gasteiger partial charge in [0.15, 0.2) is 0 Å². The molecule has 0 amide bonds. The van der Waals surface area contributed by atoms with Crippen LogP contribution in [0.5, 0.6) is 5.75 Å². The van der Waals surface area contributed by atoms with Gasteiger partial charge in [0.05, 0.1) is 0 Å². The highest BCUT2D eigenvalue weighted by Gasteiger charge is 2.06. The third kappa shape index (κ3) is 1.77. The van der Waals surface area contributed by atoms with Crippen molar-refractivity contribution in [2.75, 3.05) is 0 Å². The van der Waals surface area contributed by atoms with Gasteiger partial charge in [0.1, 0.15) is 5.75 Å². The molecule has 0 aliphatic rings. The van der Waals surface area contributed by atoms with Gasteiger partial charge >= 0.3 is 0 Å². The minimum absolute atomic E-state index is 0.0390. The van der Waals surface area contributed by atoms with Crippen molar-refractivity contribution < 1.29 is 5.11 Å². The third-order valence-electron chi connectivity index (χ3n) is 2.10. The van der Waals surface area contributed by atoms with E-state index in [4.69, 9.17) is 5.73 Å². The predicted octanol–water partition coefficient (Wildman–Crippen LogP) is 2.11. The summed E-state index contributed by atoms with van der Waals surface area (Å²) in [6, 6.07) is 5.35. The molecular weight excluding hydrogens is 150 g/mol. The van der Waals surface area contributed by atoms with Gasteiger partial charge in [-0.3, -0.25) is 0 Å². The molecule has 1 atom stereocenters. The van der Waals surface area contributed by atoms with Crippen molar-refractivity contribution in [3.63, 3.8) is 0 Å². The Balaban J connectivity index is 3.04. The fourth-order valence-corrected chi connectivity index (χ4v) is 1.25. The molecule has 1 aromatic rings. The van der Waals surface area contributed by atoms with Gasteiger partial charge in [0, 0.05) is 6.04 Å². The van der Waals surface area contributed by atoms with E-state index in [0.717, 1.165) is 17.5 Å². The van der Waals surface area contributed by atoms with Gasteiger partial charge in [-0.2, -0.15) is 0 Å². The molecule has 0 saturated heterocycles. The van der Waals surface area contributed by atoms with Crippen LogP contribution in [0.25, 0.3) is 0 Å². The molecule has 0 aliphatic heterocycles. The maximum Gasteiger partial charge on any atom is 0.115 e. The molecule has 2 nitrogen and oxygen atoms in total. The molecule has 0 radical (unpaired) electrons. The molecule has 1 aromatic carbocycles. The average molecular weight is 165 g/mol. The van der Waals surface area contributed by atoms with Crippen molar-refractivity contribution in [2.45, 2.75) is 26.3 Å². The van der Waals surface area contributed by atoms with Crippen molar-refractivity contribution >= 4 is 0 Å². The molecule has 0 aromatic heterocycles. The van der Waals surface area contributed by atoms with E-state index in [1.807, 2.05) is 19.9 Å². The van der Waals surface area contributed by atoms with Gasteiger partial charge in [-0.1, -0.05) is 13.0 Å². The molecule has 0 heterocycles. The van der Waals surface area contributed by atoms with Crippen molar-refractivity contribution in [2.24, 2.45) is 5.73 Å². The Morgan fingerprint density at radius 1 is 1.50 bits per heavy atom. The molecule has 2 heteroatoms. The summed E-state index contributed by atoms with van der Waals surface area (Å²) >= 11 is 0. The lowest BCUT2D eigenvalue weighted by molar-refractivity contribution is 0.473. The second kappa shape index (κ2) is 3.59. The Kier molecular flexibility index (Phi) is 2.71. The summed E-state index contributed by atoms with van der Waals surface area (Å²) < 4.78 is 0. The van der Waals surface area contributed by atoms with Crippen LogP contribution in [-0.2, 0) is 0 Å². The Hall–Kier alpha value is -1.02. The number of nitrogens with two attached hydrogens (primary N) is 1. The van der Waals surface area contributed by atoms with Crippen LogP contribution < -0.4 is 5.73 Å². The van der Waals surface area contributed by atoms with E-state index < -0.39 is 0 Å². The Labute approximate surface area is 73.0 Å². The highest BCUT2D eigenvalue weighted by Crippen LogP contribution is 2.22. The summed E-state index contributed by atoms with van der Waals surface area (Å²) in [5.41, 5.74) is 8.03. The number of aromatic hydroxyl groups is 1. The third-order valence-corrected chi connectivity index (χ3v) is 2.10. The SMILES string of the molecule is CC[C@H](N)c1cc(O)ccc1C. The van der Waals surface area contributed by atoms with Crippen LogP contribution in [0.4, 0.5) is 0 Å². The summed E-state index contributed by atoms with van der Waals surface area (Å²) in [5, 5.41) is 9.23. The zero-order valence-electron chi connectivity index (χ0n) is 7.54. The summed E-state index contributed by atoms with van der Waals surface area (Å²) in [4.78, 5) is 0. The van der Waals surface area contributed by atoms with E-state index in [-0.39, 0.29) is 6.04 Å². The second-order valence-electron chi connectivity index (χ2n) is 3.06. The van der Waals surface area contributed by atoms with Gasteiger partial charge in [-0.05, 0) is 36.6 Å². The van der Waals surface area contributed by atoms with Gasteiger partial charge in [-0.15, -0.1) is 0 Å². The fourth-order valence-electron chi connectivity index (χ4n) is 1.25. The van der Waals surface area contributed by atoms with Crippen LogP contribution in [-0.4, -0.2) is 5.11 Å². The number of aryl methyl sites for hydroxylation is 1. The monoisotopic (exact) mass is 165 g/mol. The quantitative estimate of drug-likeness (QED) is 0.705. The van der Waals surface area contributed by atoms with Crippen molar-refractivity contribution in [3.05, 3.63) is 29.3 Å². The Morgan fingerprint density at radius 3 is 2.75 bits per heavy atom. The average Bonchev–Trinajstić information content (AvgIpc) is 2.08. The van der Waals surface area contributed by atoms with Crippen LogP contribution in [0.15, 0.2) is 18.2 Å². The molecule has 66 valence electrons. The lowest BCUT2D eigenvalue weighted by atomic mass is 10.00. The highest BCUT2D eigenvalue weighted by atomic mass is 16.3. The first-order chi connectivity index (χ1) is 5.65. The fraction of sp³-hybridized carbons (Fsp3) is 0.400. The predicted molar refractivity (Wildman–Crippen MR) is 50.1 cm³/mol.